The van der Waals surface area contributed by atoms with Crippen molar-refractivity contribution in [2.75, 3.05) is 18.0 Å². The first-order chi connectivity index (χ1) is 11.3. The van der Waals surface area contributed by atoms with Gasteiger partial charge in [-0.25, -0.2) is 9.97 Å². The highest BCUT2D eigenvalue weighted by molar-refractivity contribution is 5.91. The van der Waals surface area contributed by atoms with Gasteiger partial charge in [0.15, 0.2) is 5.69 Å². The maximum Gasteiger partial charge on any atom is 0.276 e. The Morgan fingerprint density at radius 1 is 1.22 bits per heavy atom. The van der Waals surface area contributed by atoms with E-state index in [2.05, 4.69) is 30.3 Å². The molecule has 0 unspecified atom stereocenters. The molecule has 0 bridgehead atoms. The van der Waals surface area contributed by atoms with Crippen molar-refractivity contribution in [1.29, 1.82) is 0 Å². The summed E-state index contributed by atoms with van der Waals surface area (Å²) in [5, 5.41) is 10.1. The molecule has 120 valence electrons. The third kappa shape index (κ3) is 2.88. The first-order valence-electron chi connectivity index (χ1n) is 8.02. The highest BCUT2D eigenvalue weighted by Crippen LogP contribution is 2.35. The Morgan fingerprint density at radius 2 is 2.00 bits per heavy atom. The number of amides is 1. The van der Waals surface area contributed by atoms with E-state index in [0.717, 1.165) is 31.7 Å². The Hall–Kier alpha value is -2.51. The van der Waals surface area contributed by atoms with Gasteiger partial charge in [0.05, 0.1) is 6.20 Å². The molecule has 4 rings (SSSR count). The lowest BCUT2D eigenvalue weighted by molar-refractivity contribution is 0.0706. The number of hydrogen-bond donors (Lipinski definition) is 1. The van der Waals surface area contributed by atoms with E-state index in [1.165, 1.54) is 19.0 Å². The second kappa shape index (κ2) is 5.94. The molecule has 8 heteroatoms. The predicted molar refractivity (Wildman–Crippen MR) is 82.8 cm³/mol. The topological polar surface area (TPSA) is 90.9 Å². The number of nitrogens with zero attached hydrogens (tertiary/aromatic N) is 6. The zero-order valence-corrected chi connectivity index (χ0v) is 12.8. The van der Waals surface area contributed by atoms with Gasteiger partial charge >= 0.3 is 0 Å². The number of hydrogen-bond acceptors (Lipinski definition) is 6. The molecule has 0 atom stereocenters. The van der Waals surface area contributed by atoms with Gasteiger partial charge in [0.1, 0.15) is 12.1 Å². The number of aromatic nitrogens is 5. The first-order valence-corrected chi connectivity index (χ1v) is 8.02. The summed E-state index contributed by atoms with van der Waals surface area (Å²) < 4.78 is 0. The molecular weight excluding hydrogens is 294 g/mol. The van der Waals surface area contributed by atoms with Crippen LogP contribution in [-0.2, 0) is 0 Å². The van der Waals surface area contributed by atoms with Gasteiger partial charge in [-0.1, -0.05) is 0 Å². The first kappa shape index (κ1) is 14.1. The summed E-state index contributed by atoms with van der Waals surface area (Å²) in [6.07, 6.45) is 9.22. The molecule has 2 aromatic rings. The SMILES string of the molecule is O=C(c1cn[nH]n1)N1CCC(N(c2ccncn2)C2CC2)CC1. The van der Waals surface area contributed by atoms with Crippen LogP contribution in [0.25, 0.3) is 0 Å². The lowest BCUT2D eigenvalue weighted by Gasteiger charge is -2.39. The molecule has 8 nitrogen and oxygen atoms in total. The van der Waals surface area contributed by atoms with Gasteiger partial charge < -0.3 is 9.80 Å². The number of anilines is 1. The van der Waals surface area contributed by atoms with E-state index in [1.807, 2.05) is 11.0 Å². The molecule has 0 radical (unpaired) electrons. The van der Waals surface area contributed by atoms with Crippen molar-refractivity contribution in [3.63, 3.8) is 0 Å². The molecule has 1 saturated heterocycles. The van der Waals surface area contributed by atoms with Crippen molar-refractivity contribution in [2.45, 2.75) is 37.8 Å². The van der Waals surface area contributed by atoms with Crippen LogP contribution in [0.2, 0.25) is 0 Å². The fourth-order valence-corrected chi connectivity index (χ4v) is 3.28. The normalized spacial score (nSPS) is 18.9. The van der Waals surface area contributed by atoms with Gasteiger partial charge in [0.2, 0.25) is 0 Å². The van der Waals surface area contributed by atoms with E-state index in [-0.39, 0.29) is 5.91 Å². The van der Waals surface area contributed by atoms with Gasteiger partial charge in [-0.2, -0.15) is 15.4 Å². The summed E-state index contributed by atoms with van der Waals surface area (Å²) in [4.78, 5) is 25.0. The van der Waals surface area contributed by atoms with Crippen LogP contribution in [0.3, 0.4) is 0 Å². The van der Waals surface area contributed by atoms with Crippen LogP contribution >= 0.6 is 0 Å². The molecule has 3 heterocycles. The van der Waals surface area contributed by atoms with Gasteiger partial charge in [0, 0.05) is 31.4 Å². The lowest BCUT2D eigenvalue weighted by atomic mass is 10.0. The molecule has 1 amide bonds. The average molecular weight is 313 g/mol. The second-order valence-corrected chi connectivity index (χ2v) is 6.08. The van der Waals surface area contributed by atoms with Crippen LogP contribution < -0.4 is 4.90 Å². The predicted octanol–water partition coefficient (Wildman–Crippen LogP) is 0.868. The van der Waals surface area contributed by atoms with E-state index < -0.39 is 0 Å². The zero-order valence-electron chi connectivity index (χ0n) is 12.8. The Bertz CT molecular complexity index is 648. The molecule has 0 aromatic carbocycles. The number of rotatable bonds is 4. The molecule has 1 aliphatic carbocycles. The van der Waals surface area contributed by atoms with Gasteiger partial charge in [-0.3, -0.25) is 4.79 Å². The Kier molecular flexibility index (Phi) is 3.64. The Labute approximate surface area is 133 Å². The number of carbonyl (C=O) groups excluding carboxylic acids is 1. The minimum atomic E-state index is -0.0443. The highest BCUT2D eigenvalue weighted by atomic mass is 16.2. The van der Waals surface area contributed by atoms with Crippen LogP contribution in [-0.4, -0.2) is 61.4 Å². The Morgan fingerprint density at radius 3 is 2.61 bits per heavy atom. The summed E-state index contributed by atoms with van der Waals surface area (Å²) in [5.41, 5.74) is 0.387. The fourth-order valence-electron chi connectivity index (χ4n) is 3.28. The fraction of sp³-hybridized carbons (Fsp3) is 0.533. The largest absolute Gasteiger partial charge is 0.350 e. The zero-order chi connectivity index (χ0) is 15.6. The number of carbonyl (C=O) groups is 1. The van der Waals surface area contributed by atoms with Crippen molar-refractivity contribution in [3.05, 3.63) is 30.5 Å². The molecule has 2 fully saturated rings. The molecular formula is C15H19N7O. The maximum atomic E-state index is 12.3. The minimum Gasteiger partial charge on any atom is -0.350 e. The number of likely N-dealkylation sites (tertiary alicyclic amines) is 1. The molecule has 0 spiro atoms. The monoisotopic (exact) mass is 313 g/mol. The van der Waals surface area contributed by atoms with Crippen LogP contribution in [0.1, 0.15) is 36.2 Å². The van der Waals surface area contributed by atoms with Crippen molar-refractivity contribution in [3.8, 4) is 0 Å². The van der Waals surface area contributed by atoms with E-state index in [9.17, 15) is 4.79 Å². The van der Waals surface area contributed by atoms with Crippen LogP contribution in [0.5, 0.6) is 0 Å². The standard InChI is InChI=1S/C15H19N7O/c23-15(13-9-18-20-19-13)21-7-4-12(5-8-21)22(11-1-2-11)14-3-6-16-10-17-14/h3,6,9-12H,1-2,4-5,7-8H2,(H,18,19,20). The highest BCUT2D eigenvalue weighted by Gasteiger charge is 2.37. The van der Waals surface area contributed by atoms with Gasteiger partial charge in [-0.15, -0.1) is 0 Å². The van der Waals surface area contributed by atoms with Crippen molar-refractivity contribution in [1.82, 2.24) is 30.3 Å². The number of piperidine rings is 1. The number of H-pyrrole nitrogens is 1. The molecule has 1 N–H and O–H groups in total. The van der Waals surface area contributed by atoms with Crippen LogP contribution in [0.4, 0.5) is 5.82 Å². The lowest BCUT2D eigenvalue weighted by Crippen LogP contribution is -2.48. The van der Waals surface area contributed by atoms with Crippen molar-refractivity contribution in [2.24, 2.45) is 0 Å². The summed E-state index contributed by atoms with van der Waals surface area (Å²) >= 11 is 0. The molecule has 2 aliphatic rings. The average Bonchev–Trinajstić information content (AvgIpc) is 3.28. The third-order valence-corrected chi connectivity index (χ3v) is 4.55. The Balaban J connectivity index is 1.43. The summed E-state index contributed by atoms with van der Waals surface area (Å²) in [6.45, 7) is 1.48. The van der Waals surface area contributed by atoms with E-state index in [0.29, 0.717) is 17.8 Å². The van der Waals surface area contributed by atoms with E-state index in [4.69, 9.17) is 0 Å². The summed E-state index contributed by atoms with van der Waals surface area (Å²) in [6, 6.07) is 3.00. The van der Waals surface area contributed by atoms with E-state index >= 15 is 0 Å². The minimum absolute atomic E-state index is 0.0443. The van der Waals surface area contributed by atoms with E-state index in [1.54, 1.807) is 12.5 Å². The molecule has 2 aromatic heterocycles. The van der Waals surface area contributed by atoms with Crippen molar-refractivity contribution < 1.29 is 4.79 Å². The smallest absolute Gasteiger partial charge is 0.276 e. The maximum absolute atomic E-state index is 12.3. The molecule has 23 heavy (non-hydrogen) atoms. The second-order valence-electron chi connectivity index (χ2n) is 6.08. The summed E-state index contributed by atoms with van der Waals surface area (Å²) in [7, 11) is 0. The number of nitrogens with one attached hydrogen (secondary N) is 1. The quantitative estimate of drug-likeness (QED) is 0.900. The molecule has 1 saturated carbocycles. The van der Waals surface area contributed by atoms with Crippen molar-refractivity contribution >= 4 is 11.7 Å². The van der Waals surface area contributed by atoms with Gasteiger partial charge in [0.25, 0.3) is 5.91 Å². The van der Waals surface area contributed by atoms with Crippen LogP contribution in [0.15, 0.2) is 24.8 Å². The number of aromatic amines is 1. The van der Waals surface area contributed by atoms with Crippen LogP contribution in [0, 0.1) is 0 Å². The van der Waals surface area contributed by atoms with Gasteiger partial charge in [-0.05, 0) is 31.7 Å². The third-order valence-electron chi connectivity index (χ3n) is 4.55. The summed E-state index contributed by atoms with van der Waals surface area (Å²) in [5.74, 6) is 0.959. The molecule has 1 aliphatic heterocycles.